The Kier molecular flexibility index (Phi) is 2.37. The fourth-order valence-corrected chi connectivity index (χ4v) is 1.45. The minimum atomic E-state index is -0.449. The van der Waals surface area contributed by atoms with E-state index in [1.54, 1.807) is 26.4 Å². The summed E-state index contributed by atoms with van der Waals surface area (Å²) in [5.41, 5.74) is 1.57. The molecule has 2 rings (SSSR count). The number of amides is 1. The van der Waals surface area contributed by atoms with Crippen LogP contribution in [0.5, 0.6) is 11.5 Å². The van der Waals surface area contributed by atoms with E-state index in [9.17, 15) is 4.79 Å². The van der Waals surface area contributed by atoms with Gasteiger partial charge in [0.05, 0.1) is 19.9 Å². The van der Waals surface area contributed by atoms with Gasteiger partial charge in [-0.25, -0.2) is 4.79 Å². The molecular weight excluding hydrogens is 198 g/mol. The molecule has 1 aromatic rings. The van der Waals surface area contributed by atoms with Crippen LogP contribution in [-0.2, 0) is 11.3 Å². The van der Waals surface area contributed by atoms with E-state index in [0.29, 0.717) is 17.2 Å². The molecule has 1 aromatic carbocycles. The molecule has 1 heterocycles. The highest BCUT2D eigenvalue weighted by atomic mass is 16.6. The number of nitrogens with one attached hydrogen (secondary N) is 1. The Hall–Kier alpha value is -1.91. The van der Waals surface area contributed by atoms with Crippen molar-refractivity contribution in [2.24, 2.45) is 0 Å². The van der Waals surface area contributed by atoms with Crippen LogP contribution in [0.2, 0.25) is 0 Å². The van der Waals surface area contributed by atoms with Crippen LogP contribution >= 0.6 is 0 Å². The molecule has 1 aliphatic heterocycles. The highest BCUT2D eigenvalue weighted by Crippen LogP contribution is 2.35. The van der Waals surface area contributed by atoms with Gasteiger partial charge < -0.3 is 14.2 Å². The van der Waals surface area contributed by atoms with Crippen molar-refractivity contribution < 1.29 is 19.0 Å². The second-order valence-corrected chi connectivity index (χ2v) is 3.07. The monoisotopic (exact) mass is 209 g/mol. The molecule has 80 valence electrons. The lowest BCUT2D eigenvalue weighted by Crippen LogP contribution is -2.20. The highest BCUT2D eigenvalue weighted by molar-refractivity contribution is 5.88. The third-order valence-electron chi connectivity index (χ3n) is 2.20. The van der Waals surface area contributed by atoms with Crippen molar-refractivity contribution in [2.45, 2.75) is 6.61 Å². The number of rotatable bonds is 2. The van der Waals surface area contributed by atoms with Crippen LogP contribution in [0.25, 0.3) is 0 Å². The predicted octanol–water partition coefficient (Wildman–Crippen LogP) is 1.77. The van der Waals surface area contributed by atoms with E-state index in [-0.39, 0.29) is 6.61 Å². The molecule has 0 radical (unpaired) electrons. The number of hydrogen-bond acceptors (Lipinski definition) is 4. The van der Waals surface area contributed by atoms with Crippen molar-refractivity contribution in [3.63, 3.8) is 0 Å². The molecule has 0 bridgehead atoms. The maximum absolute atomic E-state index is 11.0. The summed E-state index contributed by atoms with van der Waals surface area (Å²) in [5, 5.41) is 2.59. The average molecular weight is 209 g/mol. The van der Waals surface area contributed by atoms with Gasteiger partial charge in [0.25, 0.3) is 0 Å². The summed E-state index contributed by atoms with van der Waals surface area (Å²) in [6.07, 6.45) is -0.449. The van der Waals surface area contributed by atoms with Crippen LogP contribution in [-0.4, -0.2) is 20.3 Å². The number of fused-ring (bicyclic) bond motifs is 1. The third kappa shape index (κ3) is 1.68. The second kappa shape index (κ2) is 3.68. The first-order chi connectivity index (χ1) is 7.24. The quantitative estimate of drug-likeness (QED) is 0.806. The van der Waals surface area contributed by atoms with Crippen LogP contribution in [0.3, 0.4) is 0 Å². The number of carbonyl (C=O) groups excluding carboxylic acids is 1. The second-order valence-electron chi connectivity index (χ2n) is 3.07. The van der Waals surface area contributed by atoms with Crippen LogP contribution < -0.4 is 14.8 Å². The van der Waals surface area contributed by atoms with Crippen molar-refractivity contribution in [2.75, 3.05) is 19.5 Å². The number of carbonyl (C=O) groups is 1. The van der Waals surface area contributed by atoms with Gasteiger partial charge in [-0.1, -0.05) is 0 Å². The number of benzene rings is 1. The number of cyclic esters (lactones) is 1. The van der Waals surface area contributed by atoms with E-state index in [2.05, 4.69) is 5.32 Å². The predicted molar refractivity (Wildman–Crippen MR) is 53.4 cm³/mol. The minimum Gasteiger partial charge on any atom is -0.493 e. The summed E-state index contributed by atoms with van der Waals surface area (Å²) >= 11 is 0. The summed E-state index contributed by atoms with van der Waals surface area (Å²) < 4.78 is 15.1. The van der Waals surface area contributed by atoms with Gasteiger partial charge in [-0.3, -0.25) is 5.32 Å². The van der Waals surface area contributed by atoms with Crippen LogP contribution in [0.4, 0.5) is 10.5 Å². The molecule has 15 heavy (non-hydrogen) atoms. The molecule has 0 aliphatic carbocycles. The van der Waals surface area contributed by atoms with Gasteiger partial charge in [-0.2, -0.15) is 0 Å². The van der Waals surface area contributed by atoms with Gasteiger partial charge >= 0.3 is 6.09 Å². The first-order valence-electron chi connectivity index (χ1n) is 4.43. The molecule has 1 aliphatic rings. The van der Waals surface area contributed by atoms with Crippen molar-refractivity contribution >= 4 is 11.8 Å². The number of hydrogen-bond donors (Lipinski definition) is 1. The van der Waals surface area contributed by atoms with Gasteiger partial charge in [-0.15, -0.1) is 0 Å². The maximum atomic E-state index is 11.0. The van der Waals surface area contributed by atoms with Crippen molar-refractivity contribution in [1.29, 1.82) is 0 Å². The van der Waals surface area contributed by atoms with E-state index in [0.717, 1.165) is 5.56 Å². The Morgan fingerprint density at radius 1 is 1.27 bits per heavy atom. The fraction of sp³-hybridized carbons (Fsp3) is 0.300. The summed E-state index contributed by atoms with van der Waals surface area (Å²) in [4.78, 5) is 11.0. The molecule has 5 nitrogen and oxygen atoms in total. The summed E-state index contributed by atoms with van der Waals surface area (Å²) in [5.74, 6) is 1.20. The molecular formula is C10H11NO4. The van der Waals surface area contributed by atoms with Gasteiger partial charge in [0.2, 0.25) is 0 Å². The van der Waals surface area contributed by atoms with Crippen LogP contribution in [0.15, 0.2) is 12.1 Å². The first kappa shape index (κ1) is 9.64. The SMILES string of the molecule is COc1cc2c(cc1OC)NC(=O)OC2. The molecule has 0 saturated heterocycles. The van der Waals surface area contributed by atoms with Gasteiger partial charge in [0.1, 0.15) is 6.61 Å². The Bertz CT molecular complexity index is 403. The van der Waals surface area contributed by atoms with Crippen LogP contribution in [0, 0.1) is 0 Å². The van der Waals surface area contributed by atoms with Crippen LogP contribution in [0.1, 0.15) is 5.56 Å². The largest absolute Gasteiger partial charge is 0.493 e. The topological polar surface area (TPSA) is 56.8 Å². The van der Waals surface area contributed by atoms with Gasteiger partial charge in [0.15, 0.2) is 11.5 Å². The fourth-order valence-electron chi connectivity index (χ4n) is 1.45. The normalized spacial score (nSPS) is 13.6. The third-order valence-corrected chi connectivity index (χ3v) is 2.20. The zero-order valence-electron chi connectivity index (χ0n) is 8.49. The number of ether oxygens (including phenoxy) is 3. The molecule has 0 spiro atoms. The van der Waals surface area contributed by atoms with Crippen molar-refractivity contribution in [3.05, 3.63) is 17.7 Å². The van der Waals surface area contributed by atoms with E-state index in [1.807, 2.05) is 0 Å². The van der Waals surface area contributed by atoms with E-state index in [1.165, 1.54) is 0 Å². The van der Waals surface area contributed by atoms with Gasteiger partial charge in [0, 0.05) is 11.6 Å². The maximum Gasteiger partial charge on any atom is 0.411 e. The minimum absolute atomic E-state index is 0.252. The molecule has 1 amide bonds. The Labute approximate surface area is 86.9 Å². The zero-order chi connectivity index (χ0) is 10.8. The Balaban J connectivity index is 2.45. The lowest BCUT2D eigenvalue weighted by atomic mass is 10.1. The van der Waals surface area contributed by atoms with Crippen molar-refractivity contribution in [1.82, 2.24) is 0 Å². The molecule has 0 atom stereocenters. The van der Waals surface area contributed by atoms with E-state index in [4.69, 9.17) is 14.2 Å². The summed E-state index contributed by atoms with van der Waals surface area (Å²) in [6.45, 7) is 0.252. The smallest absolute Gasteiger partial charge is 0.411 e. The summed E-state index contributed by atoms with van der Waals surface area (Å²) in [7, 11) is 3.11. The zero-order valence-corrected chi connectivity index (χ0v) is 8.49. The first-order valence-corrected chi connectivity index (χ1v) is 4.43. The Morgan fingerprint density at radius 2 is 1.93 bits per heavy atom. The lowest BCUT2D eigenvalue weighted by Gasteiger charge is -2.19. The molecule has 1 N–H and O–H groups in total. The van der Waals surface area contributed by atoms with E-state index >= 15 is 0 Å². The number of methoxy groups -OCH3 is 2. The van der Waals surface area contributed by atoms with Gasteiger partial charge in [-0.05, 0) is 6.07 Å². The molecule has 0 unspecified atom stereocenters. The lowest BCUT2D eigenvalue weighted by molar-refractivity contribution is 0.151. The van der Waals surface area contributed by atoms with E-state index < -0.39 is 6.09 Å². The average Bonchev–Trinajstić information content (AvgIpc) is 2.27. The molecule has 5 heteroatoms. The number of anilines is 1. The molecule has 0 fully saturated rings. The summed E-state index contributed by atoms with van der Waals surface area (Å²) in [6, 6.07) is 3.50. The van der Waals surface area contributed by atoms with Crippen molar-refractivity contribution in [3.8, 4) is 11.5 Å². The Morgan fingerprint density at radius 3 is 2.60 bits per heavy atom. The highest BCUT2D eigenvalue weighted by Gasteiger charge is 2.18. The molecule has 0 saturated carbocycles. The molecule has 0 aromatic heterocycles. The standard InChI is InChI=1S/C10H11NO4/c1-13-8-3-6-5-15-10(12)11-7(6)4-9(8)14-2/h3-4H,5H2,1-2H3,(H,11,12).